The van der Waals surface area contributed by atoms with E-state index in [4.69, 9.17) is 16.8 Å². The monoisotopic (exact) mass is 420 g/mol. The van der Waals surface area contributed by atoms with Gasteiger partial charge in [0.2, 0.25) is 5.91 Å². The van der Waals surface area contributed by atoms with Gasteiger partial charge in [0.25, 0.3) is 0 Å². The normalized spacial score (nSPS) is 12.2. The molecule has 0 fully saturated rings. The van der Waals surface area contributed by atoms with Crippen molar-refractivity contribution >= 4 is 17.5 Å². The highest BCUT2D eigenvalue weighted by Crippen LogP contribution is 2.18. The smallest absolute Gasteiger partial charge is 0.246 e. The van der Waals surface area contributed by atoms with Crippen molar-refractivity contribution in [2.45, 2.75) is 39.5 Å². The lowest BCUT2D eigenvalue weighted by molar-refractivity contribution is -0.133. The lowest BCUT2D eigenvalue weighted by Gasteiger charge is -2.21. The summed E-state index contributed by atoms with van der Waals surface area (Å²) in [7, 11) is 2.03. The second-order valence-corrected chi connectivity index (χ2v) is 8.18. The summed E-state index contributed by atoms with van der Waals surface area (Å²) in [6, 6.07) is 11.2. The summed E-state index contributed by atoms with van der Waals surface area (Å²) in [6.45, 7) is 5.22. The lowest BCUT2D eigenvalue weighted by atomic mass is 9.95. The van der Waals surface area contributed by atoms with E-state index >= 15 is 0 Å². The third kappa shape index (κ3) is 7.42. The highest BCUT2D eigenvalue weighted by molar-refractivity contribution is 6.30. The Hall–Kier alpha value is -1.95. The van der Waals surface area contributed by atoms with Gasteiger partial charge in [0.15, 0.2) is 0 Å². The number of amides is 1. The van der Waals surface area contributed by atoms with Crippen LogP contribution in [0.1, 0.15) is 35.1 Å². The van der Waals surface area contributed by atoms with Crippen LogP contribution in [0.4, 0.5) is 4.39 Å². The molecule has 0 aliphatic rings. The summed E-state index contributed by atoms with van der Waals surface area (Å²) < 4.78 is 13.7. The molecule has 4 nitrogen and oxygen atoms in total. The van der Waals surface area contributed by atoms with Gasteiger partial charge in [-0.15, -0.1) is 0 Å². The van der Waals surface area contributed by atoms with Gasteiger partial charge in [-0.3, -0.25) is 10.0 Å². The molecular formula is C23H30ClFN2O2. The fourth-order valence-electron chi connectivity index (χ4n) is 3.54. The van der Waals surface area contributed by atoms with Crippen molar-refractivity contribution < 1.29 is 14.4 Å². The van der Waals surface area contributed by atoms with Crippen molar-refractivity contribution in [3.05, 3.63) is 69.5 Å². The lowest BCUT2D eigenvalue weighted by Crippen LogP contribution is -2.32. The van der Waals surface area contributed by atoms with Gasteiger partial charge in [0.1, 0.15) is 5.82 Å². The Balaban J connectivity index is 1.82. The second kappa shape index (κ2) is 11.3. The van der Waals surface area contributed by atoms with E-state index in [1.54, 1.807) is 31.5 Å². The zero-order chi connectivity index (χ0) is 21.4. The highest BCUT2D eigenvalue weighted by atomic mass is 35.5. The molecule has 1 amide bonds. The van der Waals surface area contributed by atoms with E-state index in [9.17, 15) is 9.18 Å². The quantitative estimate of drug-likeness (QED) is 0.432. The minimum Gasteiger partial charge on any atom is -0.306 e. The van der Waals surface area contributed by atoms with E-state index in [0.29, 0.717) is 29.0 Å². The molecular weight excluding hydrogens is 391 g/mol. The SMILES string of the molecule is Cc1cc(CCCN(C)CC[C@@H](Cc2ccc(Cl)cc2)C(=O)NO)cc(C)c1F. The predicted molar refractivity (Wildman–Crippen MR) is 115 cm³/mol. The number of carbonyl (C=O) groups is 1. The van der Waals surface area contributed by atoms with Gasteiger partial charge >= 0.3 is 0 Å². The topological polar surface area (TPSA) is 52.6 Å². The molecule has 29 heavy (non-hydrogen) atoms. The van der Waals surface area contributed by atoms with Gasteiger partial charge in [-0.1, -0.05) is 35.9 Å². The molecule has 2 rings (SSSR count). The molecule has 0 radical (unpaired) electrons. The van der Waals surface area contributed by atoms with Crippen LogP contribution in [0.3, 0.4) is 0 Å². The molecule has 0 aliphatic heterocycles. The molecule has 2 aromatic rings. The number of halogens is 2. The summed E-state index contributed by atoms with van der Waals surface area (Å²) in [5.74, 6) is -0.809. The minimum atomic E-state index is -0.370. The third-order valence-electron chi connectivity index (χ3n) is 5.24. The molecule has 0 spiro atoms. The number of benzene rings is 2. The molecule has 2 N–H and O–H groups in total. The number of hydrogen-bond acceptors (Lipinski definition) is 3. The highest BCUT2D eigenvalue weighted by Gasteiger charge is 2.19. The largest absolute Gasteiger partial charge is 0.306 e. The van der Waals surface area contributed by atoms with Crippen LogP contribution in [0.2, 0.25) is 5.02 Å². The number of nitrogens with zero attached hydrogens (tertiary/aromatic N) is 1. The first-order valence-electron chi connectivity index (χ1n) is 9.92. The van der Waals surface area contributed by atoms with Crippen LogP contribution in [-0.2, 0) is 17.6 Å². The van der Waals surface area contributed by atoms with Gasteiger partial charge in [-0.05, 0) is 94.1 Å². The molecule has 158 valence electrons. The zero-order valence-electron chi connectivity index (χ0n) is 17.3. The van der Waals surface area contributed by atoms with Gasteiger partial charge in [-0.25, -0.2) is 9.87 Å². The van der Waals surface area contributed by atoms with Crippen molar-refractivity contribution in [1.29, 1.82) is 0 Å². The molecule has 1 atom stereocenters. The van der Waals surface area contributed by atoms with Crippen LogP contribution in [-0.4, -0.2) is 36.2 Å². The van der Waals surface area contributed by atoms with Gasteiger partial charge < -0.3 is 4.90 Å². The number of aryl methyl sites for hydroxylation is 3. The van der Waals surface area contributed by atoms with Crippen LogP contribution in [0.5, 0.6) is 0 Å². The number of hydrogen-bond donors (Lipinski definition) is 2. The Labute approximate surface area is 177 Å². The van der Waals surface area contributed by atoms with E-state index in [-0.39, 0.29) is 17.6 Å². The Morgan fingerprint density at radius 1 is 1.14 bits per heavy atom. The van der Waals surface area contributed by atoms with E-state index in [1.807, 2.05) is 31.3 Å². The van der Waals surface area contributed by atoms with E-state index in [2.05, 4.69) is 4.90 Å². The van der Waals surface area contributed by atoms with Crippen LogP contribution in [0.15, 0.2) is 36.4 Å². The van der Waals surface area contributed by atoms with E-state index in [0.717, 1.165) is 37.1 Å². The summed E-state index contributed by atoms with van der Waals surface area (Å²) in [5, 5.41) is 9.72. The maximum Gasteiger partial charge on any atom is 0.246 e. The van der Waals surface area contributed by atoms with Crippen LogP contribution < -0.4 is 5.48 Å². The Morgan fingerprint density at radius 3 is 2.34 bits per heavy atom. The third-order valence-corrected chi connectivity index (χ3v) is 5.49. The molecule has 0 unspecified atom stereocenters. The van der Waals surface area contributed by atoms with Crippen LogP contribution in [0, 0.1) is 25.6 Å². The molecule has 0 aromatic heterocycles. The van der Waals surface area contributed by atoms with Crippen molar-refractivity contribution in [3.63, 3.8) is 0 Å². The van der Waals surface area contributed by atoms with E-state index in [1.165, 1.54) is 0 Å². The number of rotatable bonds is 10. The maximum atomic E-state index is 13.7. The molecule has 6 heteroatoms. The standard InChI is InChI=1S/C23H30ClFN2O2/c1-16-13-19(14-17(2)22(16)25)5-4-11-27(3)12-10-20(23(28)26-29)15-18-6-8-21(24)9-7-18/h6-9,13-14,20,29H,4-5,10-12,15H2,1-3H3,(H,26,28)/t20-/m0/s1. The average Bonchev–Trinajstić information content (AvgIpc) is 2.70. The number of hydroxylamine groups is 1. The fraction of sp³-hybridized carbons (Fsp3) is 0.435. The van der Waals surface area contributed by atoms with Crippen molar-refractivity contribution in [1.82, 2.24) is 10.4 Å². The summed E-state index contributed by atoms with van der Waals surface area (Å²) in [4.78, 5) is 14.2. The van der Waals surface area contributed by atoms with Crippen molar-refractivity contribution in [3.8, 4) is 0 Å². The van der Waals surface area contributed by atoms with Crippen LogP contribution in [0.25, 0.3) is 0 Å². The molecule has 0 saturated carbocycles. The number of carbonyl (C=O) groups excluding carboxylic acids is 1. The first-order chi connectivity index (χ1) is 13.8. The zero-order valence-corrected chi connectivity index (χ0v) is 18.1. The minimum absolute atomic E-state index is 0.125. The average molecular weight is 421 g/mol. The summed E-state index contributed by atoms with van der Waals surface area (Å²) in [5.41, 5.74) is 5.32. The van der Waals surface area contributed by atoms with Gasteiger partial charge in [-0.2, -0.15) is 0 Å². The Kier molecular flexibility index (Phi) is 9.08. The first kappa shape index (κ1) is 23.3. The first-order valence-corrected chi connectivity index (χ1v) is 10.3. The van der Waals surface area contributed by atoms with Crippen molar-refractivity contribution in [2.75, 3.05) is 20.1 Å². The second-order valence-electron chi connectivity index (χ2n) is 7.74. The summed E-state index contributed by atoms with van der Waals surface area (Å²) in [6.07, 6.45) is 3.03. The molecule has 0 aliphatic carbocycles. The predicted octanol–water partition coefficient (Wildman–Crippen LogP) is 4.71. The number of nitrogens with one attached hydrogen (secondary N) is 1. The molecule has 0 saturated heterocycles. The molecule has 0 heterocycles. The molecule has 2 aromatic carbocycles. The summed E-state index contributed by atoms with van der Waals surface area (Å²) >= 11 is 5.91. The molecule has 0 bridgehead atoms. The Bertz CT molecular complexity index is 788. The Morgan fingerprint density at radius 2 is 1.76 bits per heavy atom. The van der Waals surface area contributed by atoms with Gasteiger partial charge in [0, 0.05) is 10.9 Å². The van der Waals surface area contributed by atoms with Crippen molar-refractivity contribution in [2.24, 2.45) is 5.92 Å². The maximum absolute atomic E-state index is 13.7. The fourth-order valence-corrected chi connectivity index (χ4v) is 3.67. The van der Waals surface area contributed by atoms with Crippen LogP contribution >= 0.6 is 11.6 Å². The van der Waals surface area contributed by atoms with E-state index < -0.39 is 0 Å². The van der Waals surface area contributed by atoms with Gasteiger partial charge in [0.05, 0.1) is 0 Å².